The van der Waals surface area contributed by atoms with Crippen molar-refractivity contribution in [1.29, 1.82) is 0 Å². The fourth-order valence-corrected chi connectivity index (χ4v) is 2.78. The number of sulfonamides is 1. The Morgan fingerprint density at radius 3 is 2.68 bits per heavy atom. The average molecular weight is 278 g/mol. The third-order valence-electron chi connectivity index (χ3n) is 2.62. The predicted molar refractivity (Wildman–Crippen MR) is 71.5 cm³/mol. The number of hydrogen-bond donors (Lipinski definition) is 1. The van der Waals surface area contributed by atoms with Crippen LogP contribution in [0.15, 0.2) is 47.8 Å². The standard InChI is InChI=1S/C12H14N4O2S/c1-16(9-10-4-2-3-6-15-10)19(17,18)12-8-14-7-5-11(12)13/h2-8H,9H2,1H3,(H2,13,14). The van der Waals surface area contributed by atoms with Crippen molar-refractivity contribution < 1.29 is 8.42 Å². The fourth-order valence-electron chi connectivity index (χ4n) is 1.58. The first-order valence-corrected chi connectivity index (χ1v) is 7.01. The second-order valence-electron chi connectivity index (χ2n) is 4.00. The van der Waals surface area contributed by atoms with Crippen LogP contribution in [0.2, 0.25) is 0 Å². The summed E-state index contributed by atoms with van der Waals surface area (Å²) in [5.41, 5.74) is 6.52. The molecule has 0 aliphatic rings. The molecule has 0 aromatic carbocycles. The monoisotopic (exact) mass is 278 g/mol. The molecule has 6 nitrogen and oxygen atoms in total. The van der Waals surface area contributed by atoms with Gasteiger partial charge in [0.05, 0.1) is 17.9 Å². The topological polar surface area (TPSA) is 89.2 Å². The van der Waals surface area contributed by atoms with Crippen LogP contribution >= 0.6 is 0 Å². The summed E-state index contributed by atoms with van der Waals surface area (Å²) in [5.74, 6) is 0. The van der Waals surface area contributed by atoms with E-state index in [1.54, 1.807) is 24.4 Å². The zero-order chi connectivity index (χ0) is 13.9. The highest BCUT2D eigenvalue weighted by atomic mass is 32.2. The van der Waals surface area contributed by atoms with Gasteiger partial charge in [0, 0.05) is 25.6 Å². The molecule has 2 N–H and O–H groups in total. The highest BCUT2D eigenvalue weighted by Crippen LogP contribution is 2.20. The van der Waals surface area contributed by atoms with Crippen molar-refractivity contribution in [2.75, 3.05) is 12.8 Å². The maximum Gasteiger partial charge on any atom is 0.246 e. The summed E-state index contributed by atoms with van der Waals surface area (Å²) in [6.45, 7) is 0.178. The Morgan fingerprint density at radius 2 is 2.05 bits per heavy atom. The van der Waals surface area contributed by atoms with Crippen LogP contribution < -0.4 is 5.73 Å². The summed E-state index contributed by atoms with van der Waals surface area (Å²) in [6.07, 6.45) is 4.32. The third-order valence-corrected chi connectivity index (χ3v) is 4.46. The maximum absolute atomic E-state index is 12.3. The van der Waals surface area contributed by atoms with Gasteiger partial charge < -0.3 is 5.73 Å². The number of pyridine rings is 2. The van der Waals surface area contributed by atoms with Gasteiger partial charge in [-0.05, 0) is 18.2 Å². The molecular weight excluding hydrogens is 264 g/mol. The molecule has 19 heavy (non-hydrogen) atoms. The SMILES string of the molecule is CN(Cc1ccccn1)S(=O)(=O)c1cnccc1N. The average Bonchev–Trinajstić information content (AvgIpc) is 2.40. The van der Waals surface area contributed by atoms with Gasteiger partial charge in [0.25, 0.3) is 0 Å². The van der Waals surface area contributed by atoms with Crippen molar-refractivity contribution >= 4 is 15.7 Å². The quantitative estimate of drug-likeness (QED) is 0.896. The number of nitrogens with zero attached hydrogens (tertiary/aromatic N) is 3. The Balaban J connectivity index is 2.28. The molecule has 0 saturated carbocycles. The zero-order valence-electron chi connectivity index (χ0n) is 10.4. The second-order valence-corrected chi connectivity index (χ2v) is 6.01. The first kappa shape index (κ1) is 13.4. The van der Waals surface area contributed by atoms with E-state index in [4.69, 9.17) is 5.73 Å². The Morgan fingerprint density at radius 1 is 1.26 bits per heavy atom. The summed E-state index contributed by atoms with van der Waals surface area (Å²) in [4.78, 5) is 7.90. The van der Waals surface area contributed by atoms with E-state index in [0.717, 1.165) is 0 Å². The summed E-state index contributed by atoms with van der Waals surface area (Å²) >= 11 is 0. The van der Waals surface area contributed by atoms with Crippen LogP contribution in [0.4, 0.5) is 5.69 Å². The molecule has 0 fully saturated rings. The fraction of sp³-hybridized carbons (Fsp3) is 0.167. The van der Waals surface area contributed by atoms with Crippen LogP contribution in [0.5, 0.6) is 0 Å². The minimum Gasteiger partial charge on any atom is -0.398 e. The van der Waals surface area contributed by atoms with Crippen LogP contribution in [0.3, 0.4) is 0 Å². The van der Waals surface area contributed by atoms with Gasteiger partial charge in [-0.1, -0.05) is 6.07 Å². The third kappa shape index (κ3) is 2.88. The Hall–Kier alpha value is -1.99. The van der Waals surface area contributed by atoms with Gasteiger partial charge in [0.2, 0.25) is 10.0 Å². The van der Waals surface area contributed by atoms with Gasteiger partial charge in [-0.25, -0.2) is 8.42 Å². The van der Waals surface area contributed by atoms with Gasteiger partial charge in [-0.15, -0.1) is 0 Å². The van der Waals surface area contributed by atoms with Crippen molar-refractivity contribution in [3.8, 4) is 0 Å². The van der Waals surface area contributed by atoms with Crippen molar-refractivity contribution in [3.63, 3.8) is 0 Å². The molecule has 0 unspecified atom stereocenters. The van der Waals surface area contributed by atoms with E-state index in [2.05, 4.69) is 9.97 Å². The number of hydrogen-bond acceptors (Lipinski definition) is 5. The number of rotatable bonds is 4. The van der Waals surface area contributed by atoms with Crippen LogP contribution in [0.1, 0.15) is 5.69 Å². The van der Waals surface area contributed by atoms with Gasteiger partial charge in [0.1, 0.15) is 4.90 Å². The Bertz CT molecular complexity index is 658. The van der Waals surface area contributed by atoms with Crippen molar-refractivity contribution in [2.24, 2.45) is 0 Å². The molecule has 2 heterocycles. The lowest BCUT2D eigenvalue weighted by Crippen LogP contribution is -2.27. The molecule has 7 heteroatoms. The molecule has 2 rings (SSSR count). The second kappa shape index (κ2) is 5.33. The first-order valence-electron chi connectivity index (χ1n) is 5.57. The smallest absolute Gasteiger partial charge is 0.246 e. The molecule has 2 aromatic heterocycles. The highest BCUT2D eigenvalue weighted by Gasteiger charge is 2.23. The van der Waals surface area contributed by atoms with Crippen molar-refractivity contribution in [1.82, 2.24) is 14.3 Å². The predicted octanol–water partition coefficient (Wildman–Crippen LogP) is 0.879. The van der Waals surface area contributed by atoms with Gasteiger partial charge in [-0.3, -0.25) is 9.97 Å². The largest absolute Gasteiger partial charge is 0.398 e. The molecule has 0 saturated heterocycles. The molecule has 0 aliphatic heterocycles. The molecule has 0 aliphatic carbocycles. The zero-order valence-corrected chi connectivity index (χ0v) is 11.2. The van der Waals surface area contributed by atoms with E-state index >= 15 is 0 Å². The van der Waals surface area contributed by atoms with Crippen LogP contribution in [0, 0.1) is 0 Å². The highest BCUT2D eigenvalue weighted by molar-refractivity contribution is 7.89. The van der Waals surface area contributed by atoms with Gasteiger partial charge in [-0.2, -0.15) is 4.31 Å². The molecule has 100 valence electrons. The number of nitrogen functional groups attached to an aromatic ring is 1. The molecule has 0 atom stereocenters. The molecule has 0 radical (unpaired) electrons. The summed E-state index contributed by atoms with van der Waals surface area (Å²) in [5, 5.41) is 0. The lowest BCUT2D eigenvalue weighted by molar-refractivity contribution is 0.462. The van der Waals surface area contributed by atoms with E-state index in [-0.39, 0.29) is 17.1 Å². The van der Waals surface area contributed by atoms with E-state index in [0.29, 0.717) is 5.69 Å². The number of nitrogens with two attached hydrogens (primary N) is 1. The number of aromatic nitrogens is 2. The lowest BCUT2D eigenvalue weighted by atomic mass is 10.3. The normalized spacial score (nSPS) is 11.7. The Labute approximate surface area is 112 Å². The van der Waals surface area contributed by atoms with E-state index in [9.17, 15) is 8.42 Å². The Kier molecular flexibility index (Phi) is 3.77. The summed E-state index contributed by atoms with van der Waals surface area (Å²) < 4.78 is 25.9. The van der Waals surface area contributed by atoms with Gasteiger partial charge in [0.15, 0.2) is 0 Å². The molecule has 0 bridgehead atoms. The first-order chi connectivity index (χ1) is 9.01. The van der Waals surface area contributed by atoms with Crippen molar-refractivity contribution in [3.05, 3.63) is 48.5 Å². The van der Waals surface area contributed by atoms with E-state index < -0.39 is 10.0 Å². The van der Waals surface area contributed by atoms with Crippen LogP contribution in [0.25, 0.3) is 0 Å². The van der Waals surface area contributed by atoms with Crippen LogP contribution in [-0.4, -0.2) is 29.7 Å². The summed E-state index contributed by atoms with van der Waals surface area (Å²) in [6, 6.07) is 6.80. The van der Waals surface area contributed by atoms with E-state index in [1.807, 2.05) is 0 Å². The minimum absolute atomic E-state index is 0.00781. The molecular formula is C12H14N4O2S. The van der Waals surface area contributed by atoms with Crippen molar-refractivity contribution in [2.45, 2.75) is 11.4 Å². The number of anilines is 1. The molecule has 2 aromatic rings. The van der Waals surface area contributed by atoms with Gasteiger partial charge >= 0.3 is 0 Å². The molecule has 0 amide bonds. The lowest BCUT2D eigenvalue weighted by Gasteiger charge is -2.17. The van der Waals surface area contributed by atoms with E-state index in [1.165, 1.54) is 29.8 Å². The molecule has 0 spiro atoms. The summed E-state index contributed by atoms with van der Waals surface area (Å²) in [7, 11) is -2.18. The maximum atomic E-state index is 12.3. The van der Waals surface area contributed by atoms with Crippen LogP contribution in [-0.2, 0) is 16.6 Å². The minimum atomic E-state index is -3.66.